The summed E-state index contributed by atoms with van der Waals surface area (Å²) in [5.41, 5.74) is 5.90. The van der Waals surface area contributed by atoms with Crippen LogP contribution in [-0.2, 0) is 0 Å². The van der Waals surface area contributed by atoms with E-state index >= 15 is 0 Å². The number of halogens is 3. The van der Waals surface area contributed by atoms with E-state index in [1.165, 1.54) is 12.3 Å². The number of ketones is 1. The zero-order chi connectivity index (χ0) is 14.2. The maximum Gasteiger partial charge on any atom is 0.196 e. The molecule has 3 nitrogen and oxygen atoms in total. The number of carbonyl (C=O) groups is 1. The third-order valence-corrected chi connectivity index (χ3v) is 2.55. The van der Waals surface area contributed by atoms with Crippen molar-refractivity contribution >= 4 is 11.6 Å². The van der Waals surface area contributed by atoms with Crippen molar-refractivity contribution in [2.75, 3.05) is 5.73 Å². The highest BCUT2D eigenvalue weighted by Crippen LogP contribution is 2.19. The Morgan fingerprint density at radius 2 is 1.74 bits per heavy atom. The molecule has 0 aliphatic heterocycles. The molecule has 0 unspecified atom stereocenters. The quantitative estimate of drug-likeness (QED) is 0.671. The molecule has 0 radical (unpaired) electrons. The molecule has 6 heteroatoms. The van der Waals surface area contributed by atoms with Gasteiger partial charge in [-0.3, -0.25) is 4.79 Å². The number of carbonyl (C=O) groups excluding carboxylic acids is 1. The van der Waals surface area contributed by atoms with Crippen molar-refractivity contribution in [3.8, 4) is 0 Å². The van der Waals surface area contributed by atoms with Crippen LogP contribution in [0, 0.1) is 24.4 Å². The Kier molecular flexibility index (Phi) is 3.25. The monoisotopic (exact) mass is 266 g/mol. The molecule has 0 bridgehead atoms. The van der Waals surface area contributed by atoms with E-state index in [0.29, 0.717) is 17.7 Å². The van der Waals surface area contributed by atoms with E-state index in [1.807, 2.05) is 0 Å². The highest BCUT2D eigenvalue weighted by molar-refractivity contribution is 6.11. The number of benzene rings is 1. The zero-order valence-electron chi connectivity index (χ0n) is 9.88. The van der Waals surface area contributed by atoms with Gasteiger partial charge in [0.1, 0.15) is 5.82 Å². The molecule has 1 aromatic heterocycles. The van der Waals surface area contributed by atoms with E-state index in [4.69, 9.17) is 5.73 Å². The summed E-state index contributed by atoms with van der Waals surface area (Å²) in [6, 6.07) is 2.70. The Bertz CT molecular complexity index is 648. The molecule has 19 heavy (non-hydrogen) atoms. The molecule has 2 N–H and O–H groups in total. The van der Waals surface area contributed by atoms with Crippen LogP contribution in [0.5, 0.6) is 0 Å². The summed E-state index contributed by atoms with van der Waals surface area (Å²) in [7, 11) is 0. The van der Waals surface area contributed by atoms with Crippen LogP contribution in [0.3, 0.4) is 0 Å². The number of aryl methyl sites for hydroxylation is 1. The number of pyridine rings is 1. The van der Waals surface area contributed by atoms with Crippen LogP contribution in [0.1, 0.15) is 21.5 Å². The molecular formula is C13H9F3N2O. The Hall–Kier alpha value is -2.37. The first-order valence-corrected chi connectivity index (χ1v) is 5.31. The minimum Gasteiger partial charge on any atom is -0.383 e. The second-order valence-electron chi connectivity index (χ2n) is 4.03. The van der Waals surface area contributed by atoms with Gasteiger partial charge in [0.15, 0.2) is 23.2 Å². The van der Waals surface area contributed by atoms with E-state index < -0.39 is 23.2 Å². The van der Waals surface area contributed by atoms with Gasteiger partial charge in [-0.05, 0) is 30.7 Å². The lowest BCUT2D eigenvalue weighted by atomic mass is 10.0. The van der Waals surface area contributed by atoms with Gasteiger partial charge in [0, 0.05) is 11.8 Å². The van der Waals surface area contributed by atoms with E-state index in [2.05, 4.69) is 4.98 Å². The van der Waals surface area contributed by atoms with Crippen molar-refractivity contribution in [1.29, 1.82) is 0 Å². The number of nitrogens with zero attached hydrogens (tertiary/aromatic N) is 1. The summed E-state index contributed by atoms with van der Waals surface area (Å²) in [5.74, 6) is -5.25. The summed E-state index contributed by atoms with van der Waals surface area (Å²) in [4.78, 5) is 15.8. The molecule has 0 aliphatic rings. The van der Waals surface area contributed by atoms with E-state index in [9.17, 15) is 18.0 Å². The molecule has 0 amide bonds. The summed E-state index contributed by atoms with van der Waals surface area (Å²) in [6.45, 7) is 1.69. The van der Waals surface area contributed by atoms with Crippen LogP contribution in [-0.4, -0.2) is 10.8 Å². The molecule has 2 aromatic rings. The van der Waals surface area contributed by atoms with Crippen LogP contribution in [0.25, 0.3) is 0 Å². The zero-order valence-corrected chi connectivity index (χ0v) is 9.88. The number of hydrogen-bond acceptors (Lipinski definition) is 3. The highest BCUT2D eigenvalue weighted by atomic mass is 19.2. The average molecular weight is 266 g/mol. The van der Waals surface area contributed by atoms with Gasteiger partial charge in [-0.15, -0.1) is 0 Å². The molecule has 0 saturated carbocycles. The summed E-state index contributed by atoms with van der Waals surface area (Å²) < 4.78 is 39.0. The Balaban J connectivity index is 2.53. The lowest BCUT2D eigenvalue weighted by Crippen LogP contribution is -2.09. The van der Waals surface area contributed by atoms with Crippen molar-refractivity contribution in [3.63, 3.8) is 0 Å². The van der Waals surface area contributed by atoms with Crippen molar-refractivity contribution in [2.24, 2.45) is 0 Å². The third-order valence-electron chi connectivity index (χ3n) is 2.55. The van der Waals surface area contributed by atoms with Gasteiger partial charge in [0.2, 0.25) is 0 Å². The first-order chi connectivity index (χ1) is 8.90. The van der Waals surface area contributed by atoms with E-state index in [-0.39, 0.29) is 16.9 Å². The molecule has 0 aliphatic carbocycles. The molecular weight excluding hydrogens is 257 g/mol. The van der Waals surface area contributed by atoms with Gasteiger partial charge in [0.25, 0.3) is 0 Å². The lowest BCUT2D eigenvalue weighted by molar-refractivity contribution is 0.103. The number of rotatable bonds is 2. The van der Waals surface area contributed by atoms with Crippen LogP contribution in [0.2, 0.25) is 0 Å². The van der Waals surface area contributed by atoms with Crippen LogP contribution in [0.15, 0.2) is 24.4 Å². The maximum absolute atomic E-state index is 13.1. The third kappa shape index (κ3) is 2.42. The maximum atomic E-state index is 13.1. The standard InChI is InChI=1S/C13H9F3N2O/c1-6-2-8(13(17)18-5-6)12(19)7-3-9(14)11(16)10(15)4-7/h2-5H,1H3,(H2,17,18). The average Bonchev–Trinajstić information content (AvgIpc) is 2.37. The smallest absolute Gasteiger partial charge is 0.196 e. The van der Waals surface area contributed by atoms with Crippen LogP contribution < -0.4 is 5.73 Å². The number of hydrogen-bond donors (Lipinski definition) is 1. The highest BCUT2D eigenvalue weighted by Gasteiger charge is 2.18. The Labute approximate surface area is 106 Å². The first kappa shape index (κ1) is 13.1. The summed E-state index contributed by atoms with van der Waals surface area (Å²) in [6.07, 6.45) is 1.46. The fourth-order valence-corrected chi connectivity index (χ4v) is 1.60. The molecule has 0 fully saturated rings. The van der Waals surface area contributed by atoms with E-state index in [0.717, 1.165) is 0 Å². The normalized spacial score (nSPS) is 10.5. The first-order valence-electron chi connectivity index (χ1n) is 5.31. The van der Waals surface area contributed by atoms with Gasteiger partial charge in [-0.25, -0.2) is 18.2 Å². The number of aromatic nitrogens is 1. The van der Waals surface area contributed by atoms with Crippen molar-refractivity contribution in [1.82, 2.24) is 4.98 Å². The van der Waals surface area contributed by atoms with Crippen LogP contribution in [0.4, 0.5) is 19.0 Å². The van der Waals surface area contributed by atoms with Gasteiger partial charge in [-0.1, -0.05) is 0 Å². The number of nitrogen functional groups attached to an aromatic ring is 1. The predicted octanol–water partition coefficient (Wildman–Crippen LogP) is 2.62. The topological polar surface area (TPSA) is 56.0 Å². The largest absolute Gasteiger partial charge is 0.383 e. The second kappa shape index (κ2) is 4.72. The molecule has 98 valence electrons. The fourth-order valence-electron chi connectivity index (χ4n) is 1.60. The molecule has 0 atom stereocenters. The SMILES string of the molecule is Cc1cnc(N)c(C(=O)c2cc(F)c(F)c(F)c2)c1. The van der Waals surface area contributed by atoms with Crippen molar-refractivity contribution < 1.29 is 18.0 Å². The molecule has 0 spiro atoms. The Morgan fingerprint density at radius 3 is 2.32 bits per heavy atom. The molecule has 1 aromatic carbocycles. The summed E-state index contributed by atoms with van der Waals surface area (Å²) >= 11 is 0. The minimum absolute atomic E-state index is 0.0189. The van der Waals surface area contributed by atoms with Crippen molar-refractivity contribution in [2.45, 2.75) is 6.92 Å². The summed E-state index contributed by atoms with van der Waals surface area (Å²) in [5, 5.41) is 0. The van der Waals surface area contributed by atoms with E-state index in [1.54, 1.807) is 6.92 Å². The number of nitrogens with two attached hydrogens (primary N) is 1. The van der Waals surface area contributed by atoms with Crippen molar-refractivity contribution in [3.05, 3.63) is 58.5 Å². The lowest BCUT2D eigenvalue weighted by Gasteiger charge is -2.06. The molecule has 1 heterocycles. The molecule has 0 saturated heterocycles. The van der Waals surface area contributed by atoms with Gasteiger partial charge in [-0.2, -0.15) is 0 Å². The van der Waals surface area contributed by atoms with Gasteiger partial charge < -0.3 is 5.73 Å². The second-order valence-corrected chi connectivity index (χ2v) is 4.03. The van der Waals surface area contributed by atoms with Crippen LogP contribution >= 0.6 is 0 Å². The Morgan fingerprint density at radius 1 is 1.16 bits per heavy atom. The van der Waals surface area contributed by atoms with Gasteiger partial charge in [0.05, 0.1) is 5.56 Å². The molecule has 2 rings (SSSR count). The fraction of sp³-hybridized carbons (Fsp3) is 0.0769. The number of anilines is 1. The van der Waals surface area contributed by atoms with Gasteiger partial charge >= 0.3 is 0 Å². The predicted molar refractivity (Wildman–Crippen MR) is 63.1 cm³/mol. The minimum atomic E-state index is -1.62.